The number of ether oxygens (including phenoxy) is 1. The van der Waals surface area contributed by atoms with E-state index >= 15 is 0 Å². The van der Waals surface area contributed by atoms with Gasteiger partial charge in [0.15, 0.2) is 5.96 Å². The topological polar surface area (TPSA) is 97.0 Å². The van der Waals surface area contributed by atoms with Crippen molar-refractivity contribution in [3.05, 3.63) is 12.2 Å². The van der Waals surface area contributed by atoms with Crippen LogP contribution in [0.15, 0.2) is 17.1 Å². The highest BCUT2D eigenvalue weighted by atomic mass is 127. The minimum atomic E-state index is -0.103. The van der Waals surface area contributed by atoms with Crippen molar-refractivity contribution in [1.29, 1.82) is 0 Å². The molecule has 0 radical (unpaired) electrons. The highest BCUT2D eigenvalue weighted by Gasteiger charge is 2.58. The number of rotatable bonds is 6. The summed E-state index contributed by atoms with van der Waals surface area (Å²) in [4.78, 5) is 30.9. The Morgan fingerprint density at radius 2 is 1.96 bits per heavy atom. The van der Waals surface area contributed by atoms with Crippen LogP contribution in [0.25, 0.3) is 0 Å². The molecule has 0 aromatic carbocycles. The molecule has 7 nitrogen and oxygen atoms in total. The normalized spacial score (nSPS) is 35.2. The Morgan fingerprint density at radius 3 is 2.58 bits per heavy atom. The Kier molecular flexibility index (Phi) is 6.21. The molecule has 2 aliphatic carbocycles. The number of hydrogen-bond acceptors (Lipinski definition) is 4. The maximum Gasteiger partial charge on any atom is 0.233 e. The fourth-order valence-corrected chi connectivity index (χ4v) is 4.68. The standard InChI is InChI=1S/C18H26N4O3.HI/c19-18(21-10-13-3-1-8-25-13)20-6-2-7-22-16(23)14-11-4-5-12(9-11)15(14)17(22)24;/h4-5,11-15H,1-3,6-10H2,(H3,19,20,21);1H. The summed E-state index contributed by atoms with van der Waals surface area (Å²) in [6.07, 6.45) is 8.19. The lowest BCUT2D eigenvalue weighted by Gasteiger charge is -2.17. The van der Waals surface area contributed by atoms with Crippen molar-refractivity contribution < 1.29 is 14.3 Å². The molecule has 0 aromatic rings. The second-order valence-electron chi connectivity index (χ2n) is 7.47. The summed E-state index contributed by atoms with van der Waals surface area (Å²) in [6.45, 7) is 2.44. The average molecular weight is 474 g/mol. The molecule has 26 heavy (non-hydrogen) atoms. The van der Waals surface area contributed by atoms with Gasteiger partial charge in [0.2, 0.25) is 11.8 Å². The zero-order valence-corrected chi connectivity index (χ0v) is 17.1. The third-order valence-corrected chi connectivity index (χ3v) is 5.92. The Morgan fingerprint density at radius 1 is 1.27 bits per heavy atom. The number of imide groups is 1. The first-order valence-corrected chi connectivity index (χ1v) is 9.34. The van der Waals surface area contributed by atoms with E-state index < -0.39 is 0 Å². The van der Waals surface area contributed by atoms with Gasteiger partial charge in [0, 0.05) is 19.7 Å². The Hall–Kier alpha value is -1.16. The molecule has 4 rings (SSSR count). The average Bonchev–Trinajstić information content (AvgIpc) is 3.37. The molecular weight excluding hydrogens is 447 g/mol. The van der Waals surface area contributed by atoms with E-state index in [1.54, 1.807) is 0 Å². The second kappa shape index (κ2) is 8.24. The SMILES string of the molecule is I.NC(=NCC1CCCO1)NCCCN1C(=O)C2C3C=CC(C3)C2C1=O. The van der Waals surface area contributed by atoms with E-state index in [1.165, 1.54) is 4.90 Å². The van der Waals surface area contributed by atoms with Gasteiger partial charge in [-0.1, -0.05) is 12.2 Å². The minimum absolute atomic E-state index is 0. The number of fused-ring (bicyclic) bond motifs is 5. The van der Waals surface area contributed by atoms with Crippen LogP contribution in [0.3, 0.4) is 0 Å². The molecule has 0 aromatic heterocycles. The van der Waals surface area contributed by atoms with E-state index in [0.29, 0.717) is 32.0 Å². The van der Waals surface area contributed by atoms with Crippen molar-refractivity contribution in [2.75, 3.05) is 26.2 Å². The van der Waals surface area contributed by atoms with Gasteiger partial charge in [-0.05, 0) is 37.5 Å². The predicted molar refractivity (Wildman–Crippen MR) is 108 cm³/mol. The van der Waals surface area contributed by atoms with E-state index in [4.69, 9.17) is 10.5 Å². The molecule has 0 spiro atoms. The van der Waals surface area contributed by atoms with Crippen molar-refractivity contribution in [2.45, 2.75) is 31.8 Å². The summed E-state index contributed by atoms with van der Waals surface area (Å²) in [5, 5.41) is 3.05. The number of hydrogen-bond donors (Lipinski definition) is 2. The Labute approximate surface area is 170 Å². The van der Waals surface area contributed by atoms with Crippen LogP contribution in [-0.2, 0) is 14.3 Å². The van der Waals surface area contributed by atoms with Gasteiger partial charge in [0.1, 0.15) is 0 Å². The van der Waals surface area contributed by atoms with E-state index in [0.717, 1.165) is 25.9 Å². The first-order valence-electron chi connectivity index (χ1n) is 9.34. The molecule has 2 aliphatic heterocycles. The summed E-state index contributed by atoms with van der Waals surface area (Å²) in [7, 11) is 0. The van der Waals surface area contributed by atoms with Crippen LogP contribution in [0.5, 0.6) is 0 Å². The lowest BCUT2D eigenvalue weighted by atomic mass is 9.85. The van der Waals surface area contributed by atoms with Crippen LogP contribution >= 0.6 is 24.0 Å². The van der Waals surface area contributed by atoms with Crippen LogP contribution in [-0.4, -0.2) is 55.0 Å². The molecule has 3 N–H and O–H groups in total. The first kappa shape index (κ1) is 19.6. The van der Waals surface area contributed by atoms with Gasteiger partial charge in [-0.2, -0.15) is 0 Å². The highest BCUT2D eigenvalue weighted by Crippen LogP contribution is 2.52. The highest BCUT2D eigenvalue weighted by molar-refractivity contribution is 14.0. The zero-order valence-electron chi connectivity index (χ0n) is 14.8. The van der Waals surface area contributed by atoms with Crippen LogP contribution < -0.4 is 11.1 Å². The Balaban J connectivity index is 0.00000196. The number of likely N-dealkylation sites (tertiary alicyclic amines) is 1. The predicted octanol–water partition coefficient (Wildman–Crippen LogP) is 0.885. The van der Waals surface area contributed by atoms with Crippen LogP contribution in [0.4, 0.5) is 0 Å². The summed E-state index contributed by atoms with van der Waals surface area (Å²) in [5.41, 5.74) is 5.85. The van der Waals surface area contributed by atoms with Gasteiger partial charge < -0.3 is 15.8 Å². The van der Waals surface area contributed by atoms with E-state index in [-0.39, 0.29) is 65.6 Å². The van der Waals surface area contributed by atoms with Gasteiger partial charge in [0.25, 0.3) is 0 Å². The van der Waals surface area contributed by atoms with E-state index in [2.05, 4.69) is 22.5 Å². The number of aliphatic imine (C=N–C) groups is 1. The first-order chi connectivity index (χ1) is 12.1. The third-order valence-electron chi connectivity index (χ3n) is 5.92. The number of nitrogens with two attached hydrogens (primary N) is 1. The largest absolute Gasteiger partial charge is 0.376 e. The van der Waals surface area contributed by atoms with Crippen molar-refractivity contribution in [1.82, 2.24) is 10.2 Å². The van der Waals surface area contributed by atoms with Crippen LogP contribution in [0.2, 0.25) is 0 Å². The van der Waals surface area contributed by atoms with Crippen LogP contribution in [0, 0.1) is 23.7 Å². The van der Waals surface area contributed by atoms with Crippen molar-refractivity contribution in [3.63, 3.8) is 0 Å². The number of guanidine groups is 1. The second-order valence-corrected chi connectivity index (χ2v) is 7.47. The molecule has 144 valence electrons. The minimum Gasteiger partial charge on any atom is -0.376 e. The summed E-state index contributed by atoms with van der Waals surface area (Å²) >= 11 is 0. The zero-order chi connectivity index (χ0) is 17.4. The molecule has 2 bridgehead atoms. The monoisotopic (exact) mass is 474 g/mol. The third kappa shape index (κ3) is 3.62. The number of nitrogens with one attached hydrogen (secondary N) is 1. The summed E-state index contributed by atoms with van der Waals surface area (Å²) < 4.78 is 5.50. The molecule has 5 unspecified atom stereocenters. The van der Waals surface area contributed by atoms with Gasteiger partial charge >= 0.3 is 0 Å². The van der Waals surface area contributed by atoms with Gasteiger partial charge in [-0.15, -0.1) is 24.0 Å². The fraction of sp³-hybridized carbons (Fsp3) is 0.722. The number of allylic oxidation sites excluding steroid dienone is 2. The van der Waals surface area contributed by atoms with E-state index in [1.807, 2.05) is 0 Å². The quantitative estimate of drug-likeness (QED) is 0.149. The number of carbonyl (C=O) groups excluding carboxylic acids is 2. The molecule has 2 amide bonds. The van der Waals surface area contributed by atoms with Crippen LogP contribution in [0.1, 0.15) is 25.7 Å². The number of amides is 2. The molecular formula is C18H27IN4O3. The molecule has 3 fully saturated rings. The van der Waals surface area contributed by atoms with Crippen molar-refractivity contribution in [2.24, 2.45) is 34.4 Å². The number of nitrogens with zero attached hydrogens (tertiary/aromatic N) is 2. The van der Waals surface area contributed by atoms with Crippen molar-refractivity contribution in [3.8, 4) is 0 Å². The summed E-state index contributed by atoms with van der Waals surface area (Å²) in [6, 6.07) is 0. The number of halogens is 1. The smallest absolute Gasteiger partial charge is 0.233 e. The Bertz CT molecular complexity index is 588. The summed E-state index contributed by atoms with van der Waals surface area (Å²) in [5.74, 6) is 0.778. The molecule has 2 heterocycles. The number of carbonyl (C=O) groups is 2. The molecule has 1 saturated carbocycles. The van der Waals surface area contributed by atoms with Crippen molar-refractivity contribution >= 4 is 41.8 Å². The van der Waals surface area contributed by atoms with Gasteiger partial charge in [-0.25, -0.2) is 0 Å². The van der Waals surface area contributed by atoms with Gasteiger partial charge in [-0.3, -0.25) is 19.5 Å². The molecule has 4 aliphatic rings. The lowest BCUT2D eigenvalue weighted by Crippen LogP contribution is -2.37. The molecule has 5 atom stereocenters. The van der Waals surface area contributed by atoms with E-state index in [9.17, 15) is 9.59 Å². The fourth-order valence-electron chi connectivity index (χ4n) is 4.68. The van der Waals surface area contributed by atoms with Gasteiger partial charge in [0.05, 0.1) is 24.5 Å². The molecule has 8 heteroatoms. The molecule has 2 saturated heterocycles. The lowest BCUT2D eigenvalue weighted by molar-refractivity contribution is -0.140. The maximum atomic E-state index is 12.6. The maximum absolute atomic E-state index is 12.6.